The van der Waals surface area contributed by atoms with Crippen molar-refractivity contribution in [3.63, 3.8) is 0 Å². The van der Waals surface area contributed by atoms with Gasteiger partial charge in [-0.05, 0) is 24.6 Å². The van der Waals surface area contributed by atoms with Crippen molar-refractivity contribution in [3.05, 3.63) is 46.0 Å². The topological polar surface area (TPSA) is 47.8 Å². The maximum atomic E-state index is 12.0. The highest BCUT2D eigenvalue weighted by molar-refractivity contribution is 6.42. The first kappa shape index (κ1) is 14.0. The third-order valence-electron chi connectivity index (χ3n) is 2.74. The molecule has 0 aliphatic heterocycles. The Labute approximate surface area is 121 Å². The number of Topliss-reactive ketones (excluding diaryl/α,β-unsaturated/α-hetero) is 1. The van der Waals surface area contributed by atoms with E-state index in [4.69, 9.17) is 23.2 Å². The Morgan fingerprint density at radius 3 is 2.74 bits per heavy atom. The average molecular weight is 298 g/mol. The summed E-state index contributed by atoms with van der Waals surface area (Å²) in [7, 11) is 0. The minimum absolute atomic E-state index is 0.0705. The normalized spacial score (nSPS) is 10.7. The standard InChI is InChI=1S/C13H13Cl2N3O/c1-2-18-13(16-8-17-18)7-10(19)5-9-3-4-11(14)12(15)6-9/h3-4,6,8H,2,5,7H2,1H3. The van der Waals surface area contributed by atoms with E-state index >= 15 is 0 Å². The molecule has 2 aromatic rings. The van der Waals surface area contributed by atoms with Gasteiger partial charge >= 0.3 is 0 Å². The summed E-state index contributed by atoms with van der Waals surface area (Å²) >= 11 is 11.8. The molecule has 0 aliphatic carbocycles. The van der Waals surface area contributed by atoms with Crippen molar-refractivity contribution in [1.29, 1.82) is 0 Å². The molecule has 1 aromatic heterocycles. The third kappa shape index (κ3) is 3.55. The maximum absolute atomic E-state index is 12.0. The number of rotatable bonds is 5. The van der Waals surface area contributed by atoms with Crippen molar-refractivity contribution in [3.8, 4) is 0 Å². The molecule has 6 heteroatoms. The van der Waals surface area contributed by atoms with E-state index in [1.165, 1.54) is 6.33 Å². The second-order valence-corrected chi connectivity index (χ2v) is 4.95. The Hall–Kier alpha value is -1.39. The van der Waals surface area contributed by atoms with E-state index in [1.54, 1.807) is 22.9 Å². The average Bonchev–Trinajstić information content (AvgIpc) is 2.81. The Balaban J connectivity index is 2.03. The lowest BCUT2D eigenvalue weighted by Gasteiger charge is -2.04. The summed E-state index contributed by atoms with van der Waals surface area (Å²) in [6.45, 7) is 2.66. The van der Waals surface area contributed by atoms with Gasteiger partial charge in [0.2, 0.25) is 0 Å². The van der Waals surface area contributed by atoms with Crippen LogP contribution in [0.3, 0.4) is 0 Å². The van der Waals surface area contributed by atoms with Crippen LogP contribution >= 0.6 is 23.2 Å². The molecule has 1 heterocycles. The van der Waals surface area contributed by atoms with Crippen LogP contribution in [-0.2, 0) is 24.2 Å². The predicted molar refractivity (Wildman–Crippen MR) is 74.6 cm³/mol. The number of ketones is 1. The molecule has 0 amide bonds. The second kappa shape index (κ2) is 6.17. The summed E-state index contributed by atoms with van der Waals surface area (Å²) in [5.74, 6) is 0.758. The van der Waals surface area contributed by atoms with E-state index in [0.29, 0.717) is 28.8 Å². The van der Waals surface area contributed by atoms with Crippen LogP contribution < -0.4 is 0 Å². The second-order valence-electron chi connectivity index (χ2n) is 4.13. The van der Waals surface area contributed by atoms with E-state index in [0.717, 1.165) is 5.56 Å². The first-order valence-corrected chi connectivity index (χ1v) is 6.68. The van der Waals surface area contributed by atoms with Gasteiger partial charge in [-0.2, -0.15) is 5.10 Å². The smallest absolute Gasteiger partial charge is 0.144 e. The van der Waals surface area contributed by atoms with Gasteiger partial charge < -0.3 is 0 Å². The van der Waals surface area contributed by atoms with Crippen molar-refractivity contribution in [2.75, 3.05) is 0 Å². The van der Waals surface area contributed by atoms with Gasteiger partial charge in [0, 0.05) is 13.0 Å². The van der Waals surface area contributed by atoms with Gasteiger partial charge in [0.05, 0.1) is 16.5 Å². The summed E-state index contributed by atoms with van der Waals surface area (Å²) in [5.41, 5.74) is 0.849. The molecular weight excluding hydrogens is 285 g/mol. The Morgan fingerprint density at radius 2 is 2.05 bits per heavy atom. The van der Waals surface area contributed by atoms with Crippen molar-refractivity contribution in [1.82, 2.24) is 14.8 Å². The lowest BCUT2D eigenvalue weighted by atomic mass is 10.1. The fourth-order valence-electron chi connectivity index (χ4n) is 1.81. The van der Waals surface area contributed by atoms with Gasteiger partial charge in [0.25, 0.3) is 0 Å². The van der Waals surface area contributed by atoms with Gasteiger partial charge in [-0.15, -0.1) is 0 Å². The fraction of sp³-hybridized carbons (Fsp3) is 0.308. The molecule has 19 heavy (non-hydrogen) atoms. The molecule has 4 nitrogen and oxygen atoms in total. The highest BCUT2D eigenvalue weighted by atomic mass is 35.5. The predicted octanol–water partition coefficient (Wildman–Crippen LogP) is 2.96. The Bertz CT molecular complexity index is 595. The lowest BCUT2D eigenvalue weighted by Crippen LogP contribution is -2.12. The molecule has 0 N–H and O–H groups in total. The third-order valence-corrected chi connectivity index (χ3v) is 3.47. The zero-order valence-electron chi connectivity index (χ0n) is 10.4. The van der Waals surface area contributed by atoms with E-state index < -0.39 is 0 Å². The van der Waals surface area contributed by atoms with Gasteiger partial charge in [0.15, 0.2) is 0 Å². The molecule has 100 valence electrons. The van der Waals surface area contributed by atoms with Crippen LogP contribution in [0.15, 0.2) is 24.5 Å². The number of aryl methyl sites for hydroxylation is 1. The molecule has 2 rings (SSSR count). The van der Waals surface area contributed by atoms with Gasteiger partial charge in [-0.3, -0.25) is 4.79 Å². The van der Waals surface area contributed by atoms with Crippen LogP contribution in [-0.4, -0.2) is 20.5 Å². The number of carbonyl (C=O) groups is 1. The first-order chi connectivity index (χ1) is 9.10. The van der Waals surface area contributed by atoms with Crippen molar-refractivity contribution in [2.45, 2.75) is 26.3 Å². The Kier molecular flexibility index (Phi) is 4.56. The highest BCUT2D eigenvalue weighted by Gasteiger charge is 2.11. The zero-order valence-corrected chi connectivity index (χ0v) is 11.9. The molecule has 0 fully saturated rings. The van der Waals surface area contributed by atoms with Gasteiger partial charge in [-0.1, -0.05) is 29.3 Å². The van der Waals surface area contributed by atoms with Crippen molar-refractivity contribution in [2.24, 2.45) is 0 Å². The molecule has 1 aromatic carbocycles. The number of hydrogen-bond acceptors (Lipinski definition) is 3. The highest BCUT2D eigenvalue weighted by Crippen LogP contribution is 2.22. The summed E-state index contributed by atoms with van der Waals surface area (Å²) in [4.78, 5) is 16.1. The molecule has 0 aliphatic rings. The molecule has 0 bridgehead atoms. The minimum atomic E-state index is 0.0705. The lowest BCUT2D eigenvalue weighted by molar-refractivity contribution is -0.117. The van der Waals surface area contributed by atoms with Crippen LogP contribution in [0.2, 0.25) is 10.0 Å². The van der Waals surface area contributed by atoms with Crippen LogP contribution in [0, 0.1) is 0 Å². The molecule has 0 radical (unpaired) electrons. The quantitative estimate of drug-likeness (QED) is 0.852. The number of halogens is 2. The number of carbonyl (C=O) groups excluding carboxylic acids is 1. The number of hydrogen-bond donors (Lipinski definition) is 0. The SMILES string of the molecule is CCn1ncnc1CC(=O)Cc1ccc(Cl)c(Cl)c1. The van der Waals surface area contributed by atoms with Crippen LogP contribution in [0.5, 0.6) is 0 Å². The molecule has 0 saturated heterocycles. The fourth-order valence-corrected chi connectivity index (χ4v) is 2.13. The molecule has 0 atom stereocenters. The van der Waals surface area contributed by atoms with Gasteiger partial charge in [-0.25, -0.2) is 9.67 Å². The van der Waals surface area contributed by atoms with Gasteiger partial charge in [0.1, 0.15) is 17.9 Å². The monoisotopic (exact) mass is 297 g/mol. The maximum Gasteiger partial charge on any atom is 0.144 e. The van der Waals surface area contributed by atoms with Crippen LogP contribution in [0.4, 0.5) is 0 Å². The minimum Gasteiger partial charge on any atom is -0.299 e. The van der Waals surface area contributed by atoms with E-state index in [-0.39, 0.29) is 12.2 Å². The molecule has 0 unspecified atom stereocenters. The number of benzene rings is 1. The van der Waals surface area contributed by atoms with Crippen LogP contribution in [0.25, 0.3) is 0 Å². The molecular formula is C13H13Cl2N3O. The van der Waals surface area contributed by atoms with Crippen molar-refractivity contribution >= 4 is 29.0 Å². The zero-order chi connectivity index (χ0) is 13.8. The Morgan fingerprint density at radius 1 is 1.26 bits per heavy atom. The summed E-state index contributed by atoms with van der Waals surface area (Å²) in [6, 6.07) is 5.21. The van der Waals surface area contributed by atoms with Crippen LogP contribution in [0.1, 0.15) is 18.3 Å². The largest absolute Gasteiger partial charge is 0.299 e. The van der Waals surface area contributed by atoms with E-state index in [1.807, 2.05) is 6.92 Å². The van der Waals surface area contributed by atoms with E-state index in [9.17, 15) is 4.79 Å². The van der Waals surface area contributed by atoms with Crippen molar-refractivity contribution < 1.29 is 4.79 Å². The number of aromatic nitrogens is 3. The molecule has 0 saturated carbocycles. The van der Waals surface area contributed by atoms with E-state index in [2.05, 4.69) is 10.1 Å². The molecule has 0 spiro atoms. The summed E-state index contributed by atoms with van der Waals surface area (Å²) < 4.78 is 1.72. The summed E-state index contributed by atoms with van der Waals surface area (Å²) in [6.07, 6.45) is 2.05. The number of nitrogens with zero attached hydrogens (tertiary/aromatic N) is 3. The first-order valence-electron chi connectivity index (χ1n) is 5.92. The summed E-state index contributed by atoms with van der Waals surface area (Å²) in [5, 5.41) is 4.99.